The lowest BCUT2D eigenvalue weighted by atomic mass is 10.3. The second kappa shape index (κ2) is 2.55. The molecule has 0 radical (unpaired) electrons. The lowest BCUT2D eigenvalue weighted by Crippen LogP contribution is -2.39. The van der Waals surface area contributed by atoms with Crippen LogP contribution in [0.2, 0.25) is 0 Å². The van der Waals surface area contributed by atoms with Gasteiger partial charge in [-0.1, -0.05) is 0 Å². The minimum atomic E-state index is -0.294. The summed E-state index contributed by atoms with van der Waals surface area (Å²) in [4.78, 5) is 36.2. The molecule has 0 aliphatic carbocycles. The van der Waals surface area contributed by atoms with Gasteiger partial charge in [-0.05, 0) is 6.42 Å². The van der Waals surface area contributed by atoms with Crippen LogP contribution >= 0.6 is 0 Å². The van der Waals surface area contributed by atoms with E-state index in [2.05, 4.69) is 0 Å². The molecule has 0 aromatic rings. The summed E-state index contributed by atoms with van der Waals surface area (Å²) >= 11 is 0. The van der Waals surface area contributed by atoms with Gasteiger partial charge in [0.25, 0.3) is 5.91 Å². The van der Waals surface area contributed by atoms with Crippen molar-refractivity contribution in [3.05, 3.63) is 0 Å². The van der Waals surface area contributed by atoms with Gasteiger partial charge in [-0.25, -0.2) is 0 Å². The highest BCUT2D eigenvalue weighted by Crippen LogP contribution is 2.27. The predicted octanol–water partition coefficient (Wildman–Crippen LogP) is -0.676. The molecule has 0 aromatic carbocycles. The maximum Gasteiger partial charge on any atom is 0.250 e. The highest BCUT2D eigenvalue weighted by atomic mass is 16.2. The third kappa shape index (κ3) is 1.03. The van der Waals surface area contributed by atoms with Crippen molar-refractivity contribution >= 4 is 17.7 Å². The van der Waals surface area contributed by atoms with E-state index in [1.54, 1.807) is 0 Å². The number of carbonyl (C=O) groups excluding carboxylic acids is 3. The predicted molar refractivity (Wildman–Crippen MR) is 42.3 cm³/mol. The SMILES string of the molecule is CC(=O)N1C(=O)CN2C(=O)CC[C@@H]21. The first-order valence-electron chi connectivity index (χ1n) is 4.23. The zero-order valence-electron chi connectivity index (χ0n) is 7.32. The number of amides is 3. The average molecular weight is 182 g/mol. The number of rotatable bonds is 0. The van der Waals surface area contributed by atoms with E-state index in [0.717, 1.165) is 0 Å². The molecule has 13 heavy (non-hydrogen) atoms. The molecule has 0 saturated carbocycles. The van der Waals surface area contributed by atoms with Crippen molar-refractivity contribution in [2.75, 3.05) is 6.54 Å². The van der Waals surface area contributed by atoms with Crippen LogP contribution in [0.4, 0.5) is 0 Å². The molecule has 2 aliphatic heterocycles. The van der Waals surface area contributed by atoms with Crippen LogP contribution < -0.4 is 0 Å². The molecule has 0 aromatic heterocycles. The first kappa shape index (κ1) is 8.22. The fourth-order valence-electron chi connectivity index (χ4n) is 1.95. The monoisotopic (exact) mass is 182 g/mol. The Kier molecular flexibility index (Phi) is 1.61. The fourth-order valence-corrected chi connectivity index (χ4v) is 1.95. The van der Waals surface area contributed by atoms with Crippen LogP contribution in [0.5, 0.6) is 0 Å². The molecule has 5 nitrogen and oxygen atoms in total. The van der Waals surface area contributed by atoms with Gasteiger partial charge in [0.1, 0.15) is 12.7 Å². The first-order chi connectivity index (χ1) is 6.11. The summed E-state index contributed by atoms with van der Waals surface area (Å²) in [5, 5.41) is 0. The van der Waals surface area contributed by atoms with Crippen molar-refractivity contribution in [1.82, 2.24) is 9.80 Å². The van der Waals surface area contributed by atoms with Gasteiger partial charge < -0.3 is 4.90 Å². The summed E-state index contributed by atoms with van der Waals surface area (Å²) in [5.74, 6) is -0.556. The smallest absolute Gasteiger partial charge is 0.250 e. The van der Waals surface area contributed by atoms with Gasteiger partial charge in [0.15, 0.2) is 0 Å². The number of hydrogen-bond donors (Lipinski definition) is 0. The Morgan fingerprint density at radius 3 is 2.69 bits per heavy atom. The lowest BCUT2D eigenvalue weighted by Gasteiger charge is -2.20. The van der Waals surface area contributed by atoms with Gasteiger partial charge in [-0.3, -0.25) is 19.3 Å². The molecular weight excluding hydrogens is 172 g/mol. The summed E-state index contributed by atoms with van der Waals surface area (Å²) in [5.41, 5.74) is 0. The summed E-state index contributed by atoms with van der Waals surface area (Å²) in [6.07, 6.45) is 0.740. The second-order valence-corrected chi connectivity index (χ2v) is 3.32. The van der Waals surface area contributed by atoms with Gasteiger partial charge in [-0.15, -0.1) is 0 Å². The van der Waals surface area contributed by atoms with Crippen molar-refractivity contribution < 1.29 is 14.4 Å². The Morgan fingerprint density at radius 1 is 1.38 bits per heavy atom. The van der Waals surface area contributed by atoms with Gasteiger partial charge in [0.2, 0.25) is 11.8 Å². The minimum Gasteiger partial charge on any atom is -0.312 e. The molecule has 0 unspecified atom stereocenters. The summed E-state index contributed by atoms with van der Waals surface area (Å²) in [6, 6.07) is 0. The Bertz CT molecular complexity index is 300. The molecule has 0 N–H and O–H groups in total. The molecule has 2 saturated heterocycles. The van der Waals surface area contributed by atoms with E-state index in [-0.39, 0.29) is 30.4 Å². The highest BCUT2D eigenvalue weighted by Gasteiger charge is 2.46. The minimum absolute atomic E-state index is 0.0258. The van der Waals surface area contributed by atoms with Crippen molar-refractivity contribution in [3.63, 3.8) is 0 Å². The van der Waals surface area contributed by atoms with Crippen LogP contribution in [0.1, 0.15) is 19.8 Å². The summed E-state index contributed by atoms with van der Waals surface area (Å²) < 4.78 is 0. The lowest BCUT2D eigenvalue weighted by molar-refractivity contribution is -0.142. The van der Waals surface area contributed by atoms with Crippen molar-refractivity contribution in [3.8, 4) is 0 Å². The van der Waals surface area contributed by atoms with Gasteiger partial charge in [0.05, 0.1) is 0 Å². The van der Waals surface area contributed by atoms with Crippen molar-refractivity contribution in [2.24, 2.45) is 0 Å². The molecule has 2 fully saturated rings. The van der Waals surface area contributed by atoms with Crippen molar-refractivity contribution in [2.45, 2.75) is 25.9 Å². The largest absolute Gasteiger partial charge is 0.312 e. The molecule has 1 atom stereocenters. The highest BCUT2D eigenvalue weighted by molar-refractivity contribution is 6.00. The van der Waals surface area contributed by atoms with E-state index < -0.39 is 0 Å². The van der Waals surface area contributed by atoms with Crippen LogP contribution in [-0.4, -0.2) is 40.2 Å². The second-order valence-electron chi connectivity index (χ2n) is 3.32. The van der Waals surface area contributed by atoms with E-state index >= 15 is 0 Å². The number of hydrogen-bond acceptors (Lipinski definition) is 3. The molecular formula is C8H10N2O3. The topological polar surface area (TPSA) is 57.7 Å². The number of nitrogens with zero attached hydrogens (tertiary/aromatic N) is 2. The Hall–Kier alpha value is -1.39. The van der Waals surface area contributed by atoms with E-state index in [0.29, 0.717) is 12.8 Å². The zero-order valence-corrected chi connectivity index (χ0v) is 7.32. The molecule has 0 bridgehead atoms. The molecule has 0 spiro atoms. The van der Waals surface area contributed by atoms with Crippen LogP contribution in [0.15, 0.2) is 0 Å². The Labute approximate surface area is 75.3 Å². The number of fused-ring (bicyclic) bond motifs is 1. The molecule has 2 heterocycles. The fraction of sp³-hybridized carbons (Fsp3) is 0.625. The Balaban J connectivity index is 2.27. The van der Waals surface area contributed by atoms with Gasteiger partial charge in [0, 0.05) is 13.3 Å². The van der Waals surface area contributed by atoms with Crippen LogP contribution in [0.3, 0.4) is 0 Å². The van der Waals surface area contributed by atoms with Gasteiger partial charge >= 0.3 is 0 Å². The molecule has 5 heteroatoms. The third-order valence-corrected chi connectivity index (χ3v) is 2.51. The van der Waals surface area contributed by atoms with E-state index in [4.69, 9.17) is 0 Å². The summed E-state index contributed by atoms with van der Waals surface area (Å²) in [6.45, 7) is 1.42. The maximum atomic E-state index is 11.3. The van der Waals surface area contributed by atoms with E-state index in [9.17, 15) is 14.4 Å². The molecule has 2 aliphatic rings. The van der Waals surface area contributed by atoms with Crippen LogP contribution in [-0.2, 0) is 14.4 Å². The average Bonchev–Trinajstić information content (AvgIpc) is 2.51. The maximum absolute atomic E-state index is 11.3. The quantitative estimate of drug-likeness (QED) is 0.499. The third-order valence-electron chi connectivity index (χ3n) is 2.51. The van der Waals surface area contributed by atoms with E-state index in [1.165, 1.54) is 16.7 Å². The molecule has 70 valence electrons. The Morgan fingerprint density at radius 2 is 2.08 bits per heavy atom. The molecule has 2 rings (SSSR count). The molecule has 3 amide bonds. The van der Waals surface area contributed by atoms with Crippen LogP contribution in [0, 0.1) is 0 Å². The number of imide groups is 1. The van der Waals surface area contributed by atoms with Gasteiger partial charge in [-0.2, -0.15) is 0 Å². The first-order valence-corrected chi connectivity index (χ1v) is 4.23. The standard InChI is InChI=1S/C8H10N2O3/c1-5(11)10-6-2-3-7(12)9(6)4-8(10)13/h6H,2-4H2,1H3/t6-/m0/s1. The van der Waals surface area contributed by atoms with E-state index in [1.807, 2.05) is 0 Å². The number of carbonyl (C=O) groups is 3. The van der Waals surface area contributed by atoms with Crippen molar-refractivity contribution in [1.29, 1.82) is 0 Å². The normalized spacial score (nSPS) is 27.0. The van der Waals surface area contributed by atoms with Crippen LogP contribution in [0.25, 0.3) is 0 Å². The summed E-state index contributed by atoms with van der Waals surface area (Å²) in [7, 11) is 0. The zero-order chi connectivity index (χ0) is 9.59.